The fourth-order valence-electron chi connectivity index (χ4n) is 1.83. The van der Waals surface area contributed by atoms with Crippen molar-refractivity contribution in [3.05, 3.63) is 64.1 Å². The third-order valence-corrected chi connectivity index (χ3v) is 4.26. The molecule has 0 N–H and O–H groups in total. The molecule has 2 aromatic rings. The molecular formula is C14H12BrClFN. The lowest BCUT2D eigenvalue weighted by molar-refractivity contribution is 0.621. The topological polar surface area (TPSA) is 12.9 Å². The molecule has 4 heteroatoms. The molecular weight excluding hydrogens is 317 g/mol. The maximum absolute atomic E-state index is 13.3. The molecule has 18 heavy (non-hydrogen) atoms. The Bertz CT molecular complexity index is 533. The van der Waals surface area contributed by atoms with Crippen LogP contribution in [0.4, 0.5) is 4.39 Å². The summed E-state index contributed by atoms with van der Waals surface area (Å²) >= 11 is 9.86. The van der Waals surface area contributed by atoms with Crippen LogP contribution in [-0.2, 0) is 0 Å². The molecule has 2 unspecified atom stereocenters. The average Bonchev–Trinajstić information content (AvgIpc) is 2.41. The van der Waals surface area contributed by atoms with Gasteiger partial charge in [-0.15, -0.1) is 11.6 Å². The van der Waals surface area contributed by atoms with Gasteiger partial charge in [-0.25, -0.2) is 4.39 Å². The summed E-state index contributed by atoms with van der Waals surface area (Å²) in [5.41, 5.74) is 1.85. The summed E-state index contributed by atoms with van der Waals surface area (Å²) in [6.07, 6.45) is 3.46. The molecule has 1 nitrogen and oxygen atoms in total. The minimum Gasteiger partial charge on any atom is -0.265 e. The summed E-state index contributed by atoms with van der Waals surface area (Å²) in [6, 6.07) is 8.41. The largest absolute Gasteiger partial charge is 0.265 e. The number of nitrogens with zero attached hydrogens (tertiary/aromatic N) is 1. The standard InChI is InChI=1S/C14H12BrClFN/c1-9(10-4-6-18-7-5-10)14(16)12-8-11(17)2-3-13(12)15/h2-9,14H,1H3. The summed E-state index contributed by atoms with van der Waals surface area (Å²) in [4.78, 5) is 3.98. The summed E-state index contributed by atoms with van der Waals surface area (Å²) in [6.45, 7) is 2.02. The third-order valence-electron chi connectivity index (χ3n) is 2.93. The van der Waals surface area contributed by atoms with Gasteiger partial charge in [-0.1, -0.05) is 22.9 Å². The number of benzene rings is 1. The zero-order valence-electron chi connectivity index (χ0n) is 9.78. The van der Waals surface area contributed by atoms with E-state index in [0.29, 0.717) is 0 Å². The summed E-state index contributed by atoms with van der Waals surface area (Å²) in [5.74, 6) is -0.200. The van der Waals surface area contributed by atoms with E-state index in [1.54, 1.807) is 18.5 Å². The molecule has 0 aliphatic carbocycles. The molecule has 2 atom stereocenters. The summed E-state index contributed by atoms with van der Waals surface area (Å²) in [5, 5.41) is -0.294. The monoisotopic (exact) mass is 327 g/mol. The molecule has 0 aliphatic rings. The van der Waals surface area contributed by atoms with Crippen LogP contribution >= 0.6 is 27.5 Å². The molecule has 1 heterocycles. The van der Waals surface area contributed by atoms with Crippen molar-refractivity contribution in [2.45, 2.75) is 18.2 Å². The van der Waals surface area contributed by atoms with E-state index in [1.165, 1.54) is 12.1 Å². The van der Waals surface area contributed by atoms with Crippen molar-refractivity contribution < 1.29 is 4.39 Å². The van der Waals surface area contributed by atoms with Gasteiger partial charge in [-0.05, 0) is 41.5 Å². The maximum atomic E-state index is 13.3. The highest BCUT2D eigenvalue weighted by atomic mass is 79.9. The van der Waals surface area contributed by atoms with Crippen molar-refractivity contribution >= 4 is 27.5 Å². The van der Waals surface area contributed by atoms with Crippen molar-refractivity contribution in [1.82, 2.24) is 4.98 Å². The van der Waals surface area contributed by atoms with Crippen LogP contribution < -0.4 is 0 Å². The smallest absolute Gasteiger partial charge is 0.123 e. The van der Waals surface area contributed by atoms with Gasteiger partial charge in [0.1, 0.15) is 5.82 Å². The van der Waals surface area contributed by atoms with Crippen LogP contribution in [0.3, 0.4) is 0 Å². The average molecular weight is 329 g/mol. The van der Waals surface area contributed by atoms with Crippen molar-refractivity contribution in [3.63, 3.8) is 0 Å². The number of halogens is 3. The first kappa shape index (κ1) is 13.5. The molecule has 0 aliphatic heterocycles. The van der Waals surface area contributed by atoms with Gasteiger partial charge in [0, 0.05) is 22.8 Å². The van der Waals surface area contributed by atoms with Crippen LogP contribution in [-0.4, -0.2) is 4.98 Å². The lowest BCUT2D eigenvalue weighted by Gasteiger charge is -2.20. The second kappa shape index (κ2) is 5.81. The van der Waals surface area contributed by atoms with Gasteiger partial charge < -0.3 is 0 Å². The predicted molar refractivity (Wildman–Crippen MR) is 75.3 cm³/mol. The molecule has 0 bridgehead atoms. The number of hydrogen-bond acceptors (Lipinski definition) is 1. The SMILES string of the molecule is CC(c1ccncc1)C(Cl)c1cc(F)ccc1Br. The maximum Gasteiger partial charge on any atom is 0.123 e. The Labute approximate surface area is 119 Å². The summed E-state index contributed by atoms with van der Waals surface area (Å²) < 4.78 is 14.1. The molecule has 1 aromatic heterocycles. The third kappa shape index (κ3) is 2.90. The van der Waals surface area contributed by atoms with Crippen LogP contribution in [0, 0.1) is 5.82 Å². The first-order chi connectivity index (χ1) is 8.59. The lowest BCUT2D eigenvalue weighted by atomic mass is 9.94. The zero-order chi connectivity index (χ0) is 13.1. The fraction of sp³-hybridized carbons (Fsp3) is 0.214. The number of alkyl halides is 1. The first-order valence-corrected chi connectivity index (χ1v) is 6.81. The number of aromatic nitrogens is 1. The van der Waals surface area contributed by atoms with E-state index in [9.17, 15) is 4.39 Å². The number of rotatable bonds is 3. The van der Waals surface area contributed by atoms with Crippen LogP contribution in [0.2, 0.25) is 0 Å². The Kier molecular flexibility index (Phi) is 4.36. The van der Waals surface area contributed by atoms with Crippen molar-refractivity contribution in [3.8, 4) is 0 Å². The van der Waals surface area contributed by atoms with E-state index in [1.807, 2.05) is 19.1 Å². The van der Waals surface area contributed by atoms with Crippen molar-refractivity contribution in [2.24, 2.45) is 0 Å². The molecule has 1 aromatic carbocycles. The van der Waals surface area contributed by atoms with Crippen LogP contribution in [0.25, 0.3) is 0 Å². The van der Waals surface area contributed by atoms with Gasteiger partial charge in [0.25, 0.3) is 0 Å². The second-order valence-electron chi connectivity index (χ2n) is 4.14. The van der Waals surface area contributed by atoms with Gasteiger partial charge in [0.05, 0.1) is 5.38 Å². The molecule has 0 amide bonds. The van der Waals surface area contributed by atoms with Crippen LogP contribution in [0.1, 0.15) is 29.3 Å². The van der Waals surface area contributed by atoms with Gasteiger partial charge in [0.2, 0.25) is 0 Å². The van der Waals surface area contributed by atoms with E-state index in [0.717, 1.165) is 15.6 Å². The van der Waals surface area contributed by atoms with E-state index >= 15 is 0 Å². The Morgan fingerprint density at radius 3 is 2.56 bits per heavy atom. The minimum atomic E-state index is -0.294. The van der Waals surface area contributed by atoms with E-state index in [-0.39, 0.29) is 17.1 Å². The first-order valence-electron chi connectivity index (χ1n) is 5.58. The van der Waals surface area contributed by atoms with Crippen molar-refractivity contribution in [1.29, 1.82) is 0 Å². The highest BCUT2D eigenvalue weighted by Gasteiger charge is 2.21. The van der Waals surface area contributed by atoms with E-state index < -0.39 is 0 Å². The lowest BCUT2D eigenvalue weighted by Crippen LogP contribution is -2.04. The van der Waals surface area contributed by atoms with Gasteiger partial charge in [-0.2, -0.15) is 0 Å². The predicted octanol–water partition coefficient (Wildman–Crippen LogP) is 5.07. The van der Waals surface area contributed by atoms with E-state index in [2.05, 4.69) is 20.9 Å². The fourth-order valence-corrected chi connectivity index (χ4v) is 2.78. The minimum absolute atomic E-state index is 0.0766. The second-order valence-corrected chi connectivity index (χ2v) is 5.46. The molecule has 94 valence electrons. The Morgan fingerprint density at radius 1 is 1.22 bits per heavy atom. The number of pyridine rings is 1. The van der Waals surface area contributed by atoms with Crippen LogP contribution in [0.15, 0.2) is 47.2 Å². The zero-order valence-corrected chi connectivity index (χ0v) is 12.1. The van der Waals surface area contributed by atoms with Gasteiger partial charge in [-0.3, -0.25) is 4.98 Å². The molecule has 0 fully saturated rings. The quantitative estimate of drug-likeness (QED) is 0.717. The Morgan fingerprint density at radius 2 is 1.89 bits per heavy atom. The van der Waals surface area contributed by atoms with Gasteiger partial charge >= 0.3 is 0 Å². The molecule has 0 saturated carbocycles. The summed E-state index contributed by atoms with van der Waals surface area (Å²) in [7, 11) is 0. The van der Waals surface area contributed by atoms with E-state index in [4.69, 9.17) is 11.6 Å². The number of hydrogen-bond donors (Lipinski definition) is 0. The molecule has 2 rings (SSSR count). The Hall–Kier alpha value is -0.930. The highest BCUT2D eigenvalue weighted by molar-refractivity contribution is 9.10. The normalized spacial score (nSPS) is 14.2. The molecule has 0 radical (unpaired) electrons. The Balaban J connectivity index is 2.31. The van der Waals surface area contributed by atoms with Gasteiger partial charge in [0.15, 0.2) is 0 Å². The molecule has 0 spiro atoms. The van der Waals surface area contributed by atoms with Crippen LogP contribution in [0.5, 0.6) is 0 Å². The highest BCUT2D eigenvalue weighted by Crippen LogP contribution is 2.39. The van der Waals surface area contributed by atoms with Crippen molar-refractivity contribution in [2.75, 3.05) is 0 Å². The molecule has 0 saturated heterocycles.